The summed E-state index contributed by atoms with van der Waals surface area (Å²) < 4.78 is 5.24. The smallest absolute Gasteiger partial charge is 0.248 e. The number of carbonyl (C=O) groups excluding carboxylic acids is 1. The number of anilines is 1. The van der Waals surface area contributed by atoms with E-state index < -0.39 is 0 Å². The molecule has 0 aliphatic rings. The number of hydrogen-bond acceptors (Lipinski definition) is 2. The topological polar surface area (TPSA) is 38.3 Å². The molecule has 2 aromatic carbocycles. The summed E-state index contributed by atoms with van der Waals surface area (Å²) in [6, 6.07) is 11.3. The third-order valence-electron chi connectivity index (χ3n) is 3.24. The van der Waals surface area contributed by atoms with Gasteiger partial charge in [-0.15, -0.1) is 0 Å². The Kier molecular flexibility index (Phi) is 5.23. The molecular formula is C18H18ClNO2. The van der Waals surface area contributed by atoms with E-state index in [1.54, 1.807) is 13.2 Å². The van der Waals surface area contributed by atoms with Crippen molar-refractivity contribution in [2.24, 2.45) is 0 Å². The van der Waals surface area contributed by atoms with Gasteiger partial charge in [0.25, 0.3) is 0 Å². The molecule has 2 aromatic rings. The zero-order valence-corrected chi connectivity index (χ0v) is 13.6. The van der Waals surface area contributed by atoms with E-state index in [2.05, 4.69) is 5.32 Å². The number of amides is 1. The number of benzene rings is 2. The third kappa shape index (κ3) is 4.12. The van der Waals surface area contributed by atoms with Crippen molar-refractivity contribution in [1.82, 2.24) is 0 Å². The molecular weight excluding hydrogens is 298 g/mol. The van der Waals surface area contributed by atoms with Crippen LogP contribution in [0.4, 0.5) is 5.69 Å². The van der Waals surface area contributed by atoms with Gasteiger partial charge in [-0.3, -0.25) is 4.79 Å². The van der Waals surface area contributed by atoms with Crippen molar-refractivity contribution >= 4 is 29.3 Å². The number of nitrogens with one attached hydrogen (secondary N) is 1. The second-order valence-corrected chi connectivity index (χ2v) is 5.44. The Bertz CT molecular complexity index is 723. The molecule has 3 nitrogen and oxygen atoms in total. The Balaban J connectivity index is 2.11. The lowest BCUT2D eigenvalue weighted by atomic mass is 10.1. The van der Waals surface area contributed by atoms with Crippen molar-refractivity contribution < 1.29 is 9.53 Å². The highest BCUT2D eigenvalue weighted by molar-refractivity contribution is 6.31. The van der Waals surface area contributed by atoms with E-state index in [0.29, 0.717) is 16.5 Å². The van der Waals surface area contributed by atoms with Crippen LogP contribution in [0.5, 0.6) is 5.75 Å². The Hall–Kier alpha value is -2.26. The summed E-state index contributed by atoms with van der Waals surface area (Å²) in [4.78, 5) is 12.0. The molecule has 0 saturated heterocycles. The van der Waals surface area contributed by atoms with E-state index >= 15 is 0 Å². The molecule has 1 amide bonds. The molecule has 114 valence electrons. The molecule has 0 unspecified atom stereocenters. The van der Waals surface area contributed by atoms with Crippen molar-refractivity contribution in [3.63, 3.8) is 0 Å². The largest absolute Gasteiger partial charge is 0.495 e. The van der Waals surface area contributed by atoms with E-state index in [0.717, 1.165) is 16.7 Å². The molecule has 0 heterocycles. The van der Waals surface area contributed by atoms with Crippen molar-refractivity contribution in [2.45, 2.75) is 13.8 Å². The minimum absolute atomic E-state index is 0.222. The normalized spacial score (nSPS) is 10.7. The van der Waals surface area contributed by atoms with Crippen LogP contribution >= 0.6 is 11.6 Å². The Morgan fingerprint density at radius 3 is 2.64 bits per heavy atom. The summed E-state index contributed by atoms with van der Waals surface area (Å²) in [6.45, 7) is 3.89. The minimum atomic E-state index is -0.222. The van der Waals surface area contributed by atoms with E-state index in [4.69, 9.17) is 16.3 Å². The summed E-state index contributed by atoms with van der Waals surface area (Å²) in [5.74, 6) is 0.409. The van der Waals surface area contributed by atoms with Gasteiger partial charge in [-0.25, -0.2) is 0 Å². The van der Waals surface area contributed by atoms with Crippen LogP contribution in [-0.2, 0) is 4.79 Å². The summed E-state index contributed by atoms with van der Waals surface area (Å²) in [6.07, 6.45) is 3.20. The van der Waals surface area contributed by atoms with Gasteiger partial charge in [0.1, 0.15) is 5.75 Å². The summed E-state index contributed by atoms with van der Waals surface area (Å²) in [5, 5.41) is 3.50. The molecule has 0 atom stereocenters. The maximum absolute atomic E-state index is 12.0. The summed E-state index contributed by atoms with van der Waals surface area (Å²) in [7, 11) is 1.57. The third-order valence-corrected chi connectivity index (χ3v) is 3.64. The van der Waals surface area contributed by atoms with Crippen LogP contribution in [0, 0.1) is 13.8 Å². The monoisotopic (exact) mass is 315 g/mol. The average Bonchev–Trinajstić information content (AvgIpc) is 2.49. The van der Waals surface area contributed by atoms with Crippen LogP contribution in [-0.4, -0.2) is 13.0 Å². The standard InChI is InChI=1S/C18H18ClNO2/c1-12-4-8-17(22-3)16(10-12)20-18(21)9-7-14-6-5-13(2)15(19)11-14/h4-11H,1-3H3,(H,20,21)/b9-7+. The first-order valence-electron chi connectivity index (χ1n) is 6.89. The van der Waals surface area contributed by atoms with E-state index in [1.807, 2.05) is 50.2 Å². The molecule has 0 spiro atoms. The van der Waals surface area contributed by atoms with Crippen LogP contribution < -0.4 is 10.1 Å². The number of aryl methyl sites for hydroxylation is 2. The number of ether oxygens (including phenoxy) is 1. The van der Waals surface area contributed by atoms with Gasteiger partial charge in [-0.05, 0) is 54.8 Å². The quantitative estimate of drug-likeness (QED) is 0.836. The molecule has 0 saturated carbocycles. The van der Waals surface area contributed by atoms with Gasteiger partial charge in [-0.2, -0.15) is 0 Å². The van der Waals surface area contributed by atoms with Crippen LogP contribution in [0.1, 0.15) is 16.7 Å². The zero-order chi connectivity index (χ0) is 16.1. The highest BCUT2D eigenvalue weighted by Gasteiger charge is 2.05. The molecule has 0 bridgehead atoms. The SMILES string of the molecule is COc1ccc(C)cc1NC(=O)/C=C/c1ccc(C)c(Cl)c1. The van der Waals surface area contributed by atoms with Crippen LogP contribution in [0.25, 0.3) is 6.08 Å². The predicted octanol–water partition coefficient (Wildman–Crippen LogP) is 4.62. The van der Waals surface area contributed by atoms with Crippen molar-refractivity contribution in [1.29, 1.82) is 0 Å². The highest BCUT2D eigenvalue weighted by Crippen LogP contribution is 2.25. The lowest BCUT2D eigenvalue weighted by Gasteiger charge is -2.09. The molecule has 0 aliphatic heterocycles. The fourth-order valence-corrected chi connectivity index (χ4v) is 2.17. The number of carbonyl (C=O) groups is 1. The number of halogens is 1. The van der Waals surface area contributed by atoms with Gasteiger partial charge < -0.3 is 10.1 Å². The Morgan fingerprint density at radius 2 is 1.95 bits per heavy atom. The zero-order valence-electron chi connectivity index (χ0n) is 12.8. The first kappa shape index (κ1) is 16.1. The van der Waals surface area contributed by atoms with Crippen molar-refractivity contribution in [3.8, 4) is 5.75 Å². The van der Waals surface area contributed by atoms with Crippen LogP contribution in [0.2, 0.25) is 5.02 Å². The molecule has 1 N–H and O–H groups in total. The van der Waals surface area contributed by atoms with Crippen molar-refractivity contribution in [2.75, 3.05) is 12.4 Å². The maximum Gasteiger partial charge on any atom is 0.248 e. The number of hydrogen-bond donors (Lipinski definition) is 1. The molecule has 4 heteroatoms. The molecule has 0 aromatic heterocycles. The highest BCUT2D eigenvalue weighted by atomic mass is 35.5. The van der Waals surface area contributed by atoms with Crippen molar-refractivity contribution in [3.05, 3.63) is 64.2 Å². The van der Waals surface area contributed by atoms with Gasteiger partial charge in [0.15, 0.2) is 0 Å². The Morgan fingerprint density at radius 1 is 1.18 bits per heavy atom. The van der Waals surface area contributed by atoms with Gasteiger partial charge >= 0.3 is 0 Å². The van der Waals surface area contributed by atoms with Crippen LogP contribution in [0.3, 0.4) is 0 Å². The second-order valence-electron chi connectivity index (χ2n) is 5.03. The molecule has 0 fully saturated rings. The first-order valence-corrected chi connectivity index (χ1v) is 7.27. The molecule has 0 radical (unpaired) electrons. The van der Waals surface area contributed by atoms with E-state index in [-0.39, 0.29) is 5.91 Å². The lowest BCUT2D eigenvalue weighted by Crippen LogP contribution is -2.09. The van der Waals surface area contributed by atoms with Gasteiger partial charge in [0.2, 0.25) is 5.91 Å². The fourth-order valence-electron chi connectivity index (χ4n) is 1.98. The first-order chi connectivity index (χ1) is 10.5. The lowest BCUT2D eigenvalue weighted by molar-refractivity contribution is -0.111. The minimum Gasteiger partial charge on any atom is -0.495 e. The van der Waals surface area contributed by atoms with Gasteiger partial charge in [0.05, 0.1) is 12.8 Å². The molecule has 22 heavy (non-hydrogen) atoms. The van der Waals surface area contributed by atoms with Crippen LogP contribution in [0.15, 0.2) is 42.5 Å². The van der Waals surface area contributed by atoms with E-state index in [1.165, 1.54) is 6.08 Å². The summed E-state index contributed by atoms with van der Waals surface area (Å²) in [5.41, 5.74) is 3.58. The number of methoxy groups -OCH3 is 1. The van der Waals surface area contributed by atoms with Gasteiger partial charge in [0, 0.05) is 11.1 Å². The maximum atomic E-state index is 12.0. The Labute approximate surface area is 135 Å². The second kappa shape index (κ2) is 7.14. The van der Waals surface area contributed by atoms with Gasteiger partial charge in [-0.1, -0.05) is 29.8 Å². The summed E-state index contributed by atoms with van der Waals surface area (Å²) >= 11 is 6.06. The average molecular weight is 316 g/mol. The fraction of sp³-hybridized carbons (Fsp3) is 0.167. The predicted molar refractivity (Wildman–Crippen MR) is 91.6 cm³/mol. The molecule has 2 rings (SSSR count). The number of rotatable bonds is 4. The van der Waals surface area contributed by atoms with E-state index in [9.17, 15) is 4.79 Å². The molecule has 0 aliphatic carbocycles.